The third kappa shape index (κ3) is 3.66. The molecule has 0 aliphatic heterocycles. The zero-order chi connectivity index (χ0) is 10.4. The first-order valence-electron chi connectivity index (χ1n) is 3.61. The van der Waals surface area contributed by atoms with Crippen molar-refractivity contribution >= 4 is 6.21 Å². The number of nitrogens with two attached hydrogens (primary N) is 1. The number of hydrogen-bond donors (Lipinski definition) is 6. The topological polar surface area (TPSA) is 140 Å². The van der Waals surface area contributed by atoms with Crippen LogP contribution in [0.1, 0.15) is 0 Å². The average molecular weight is 194 g/mol. The van der Waals surface area contributed by atoms with E-state index in [2.05, 4.69) is 10.9 Å². The van der Waals surface area contributed by atoms with Gasteiger partial charge < -0.3 is 31.4 Å². The smallest absolute Gasteiger partial charge is 0.119 e. The highest BCUT2D eigenvalue weighted by molar-refractivity contribution is 5.63. The van der Waals surface area contributed by atoms with Gasteiger partial charge in [-0.05, 0) is 0 Å². The molecule has 0 bridgehead atoms. The summed E-state index contributed by atoms with van der Waals surface area (Å²) in [4.78, 5) is 0. The second-order valence-electron chi connectivity index (χ2n) is 2.52. The number of rotatable bonds is 5. The van der Waals surface area contributed by atoms with E-state index in [1.54, 1.807) is 0 Å². The standard InChI is InChI=1S/C6H14N2O5/c7-8-1-3(10)5(12)6(13)4(11)2-9/h1,3-6,9-13H,2,7H2/b8-1-/t3-,4-,5-,6-/m0/s1. The summed E-state index contributed by atoms with van der Waals surface area (Å²) in [5, 5.41) is 47.4. The van der Waals surface area contributed by atoms with Crippen molar-refractivity contribution in [3.8, 4) is 0 Å². The fraction of sp³-hybridized carbons (Fsp3) is 0.833. The predicted octanol–water partition coefficient (Wildman–Crippen LogP) is -3.63. The molecule has 0 amide bonds. The van der Waals surface area contributed by atoms with Crippen molar-refractivity contribution in [2.24, 2.45) is 10.9 Å². The third-order valence-electron chi connectivity index (χ3n) is 1.52. The maximum atomic E-state index is 9.10. The van der Waals surface area contributed by atoms with Gasteiger partial charge >= 0.3 is 0 Å². The molecular weight excluding hydrogens is 180 g/mol. The van der Waals surface area contributed by atoms with Crippen LogP contribution in [0.15, 0.2) is 5.10 Å². The van der Waals surface area contributed by atoms with Crippen molar-refractivity contribution in [2.75, 3.05) is 6.61 Å². The van der Waals surface area contributed by atoms with Gasteiger partial charge in [0.25, 0.3) is 0 Å². The molecule has 0 radical (unpaired) electrons. The Balaban J connectivity index is 4.15. The molecule has 0 heterocycles. The van der Waals surface area contributed by atoms with Gasteiger partial charge in [-0.1, -0.05) is 0 Å². The van der Waals surface area contributed by atoms with Crippen LogP contribution in [0.4, 0.5) is 0 Å². The highest BCUT2D eigenvalue weighted by Crippen LogP contribution is 2.03. The van der Waals surface area contributed by atoms with E-state index in [1.165, 1.54) is 0 Å². The van der Waals surface area contributed by atoms with E-state index >= 15 is 0 Å². The zero-order valence-electron chi connectivity index (χ0n) is 6.85. The quantitative estimate of drug-likeness (QED) is 0.152. The molecule has 0 saturated heterocycles. The van der Waals surface area contributed by atoms with E-state index < -0.39 is 31.0 Å². The molecule has 78 valence electrons. The normalized spacial score (nSPS) is 21.3. The van der Waals surface area contributed by atoms with Gasteiger partial charge in [0.15, 0.2) is 0 Å². The summed E-state index contributed by atoms with van der Waals surface area (Å²) in [5.41, 5.74) is 0. The van der Waals surface area contributed by atoms with Crippen LogP contribution >= 0.6 is 0 Å². The summed E-state index contributed by atoms with van der Waals surface area (Å²) in [6, 6.07) is 0. The summed E-state index contributed by atoms with van der Waals surface area (Å²) in [7, 11) is 0. The van der Waals surface area contributed by atoms with Crippen molar-refractivity contribution in [3.63, 3.8) is 0 Å². The van der Waals surface area contributed by atoms with Crippen LogP contribution < -0.4 is 5.84 Å². The van der Waals surface area contributed by atoms with Gasteiger partial charge in [-0.2, -0.15) is 5.10 Å². The lowest BCUT2D eigenvalue weighted by Gasteiger charge is -2.23. The fourth-order valence-electron chi connectivity index (χ4n) is 0.714. The van der Waals surface area contributed by atoms with Gasteiger partial charge in [-0.15, -0.1) is 0 Å². The molecule has 0 spiro atoms. The molecule has 0 aromatic heterocycles. The van der Waals surface area contributed by atoms with Crippen LogP contribution in [-0.4, -0.2) is 62.8 Å². The van der Waals surface area contributed by atoms with Crippen molar-refractivity contribution in [3.05, 3.63) is 0 Å². The van der Waals surface area contributed by atoms with E-state index in [9.17, 15) is 0 Å². The van der Waals surface area contributed by atoms with Crippen molar-refractivity contribution < 1.29 is 25.5 Å². The van der Waals surface area contributed by atoms with Crippen LogP contribution in [0.2, 0.25) is 0 Å². The summed E-state index contributed by atoms with van der Waals surface area (Å²) < 4.78 is 0. The number of hydrogen-bond acceptors (Lipinski definition) is 7. The van der Waals surface area contributed by atoms with E-state index in [4.69, 9.17) is 25.5 Å². The summed E-state index contributed by atoms with van der Waals surface area (Å²) in [6.07, 6.45) is -5.50. The lowest BCUT2D eigenvalue weighted by molar-refractivity contribution is -0.0999. The molecule has 7 heteroatoms. The lowest BCUT2D eigenvalue weighted by atomic mass is 10.0. The first-order chi connectivity index (χ1) is 6.04. The molecule has 4 atom stereocenters. The minimum Gasteiger partial charge on any atom is -0.394 e. The van der Waals surface area contributed by atoms with Crippen LogP contribution in [0, 0.1) is 0 Å². The number of aliphatic hydroxyl groups excluding tert-OH is 5. The van der Waals surface area contributed by atoms with Gasteiger partial charge in [0, 0.05) is 0 Å². The van der Waals surface area contributed by atoms with E-state index in [-0.39, 0.29) is 0 Å². The van der Waals surface area contributed by atoms with Gasteiger partial charge in [-0.3, -0.25) is 0 Å². The molecule has 13 heavy (non-hydrogen) atoms. The van der Waals surface area contributed by atoms with Crippen LogP contribution in [0.3, 0.4) is 0 Å². The summed E-state index contributed by atoms with van der Waals surface area (Å²) in [6.45, 7) is -0.718. The Morgan fingerprint density at radius 2 is 1.69 bits per heavy atom. The molecule has 7 N–H and O–H groups in total. The van der Waals surface area contributed by atoms with Gasteiger partial charge in [0.2, 0.25) is 0 Å². The molecule has 0 aromatic carbocycles. The average Bonchev–Trinajstić information content (AvgIpc) is 2.14. The Labute approximate surface area is 74.7 Å². The lowest BCUT2D eigenvalue weighted by Crippen LogP contribution is -2.46. The second-order valence-corrected chi connectivity index (χ2v) is 2.52. The number of aliphatic hydroxyl groups is 5. The molecule has 0 rings (SSSR count). The maximum Gasteiger partial charge on any atom is 0.119 e. The molecule has 7 nitrogen and oxygen atoms in total. The molecule has 0 saturated carbocycles. The van der Waals surface area contributed by atoms with Crippen molar-refractivity contribution in [1.82, 2.24) is 0 Å². The minimum absolute atomic E-state index is 0.718. The maximum absolute atomic E-state index is 9.10. The molecule has 0 aromatic rings. The zero-order valence-corrected chi connectivity index (χ0v) is 6.85. The molecule has 0 fully saturated rings. The Kier molecular flexibility index (Phi) is 5.51. The highest BCUT2D eigenvalue weighted by Gasteiger charge is 2.28. The number of hydrazone groups is 1. The first-order valence-corrected chi connectivity index (χ1v) is 3.61. The molecule has 0 aliphatic carbocycles. The Bertz CT molecular complexity index is 165. The van der Waals surface area contributed by atoms with Crippen LogP contribution in [-0.2, 0) is 0 Å². The van der Waals surface area contributed by atoms with Gasteiger partial charge in [0.1, 0.15) is 24.4 Å². The number of nitrogens with zero attached hydrogens (tertiary/aromatic N) is 1. The van der Waals surface area contributed by atoms with Crippen molar-refractivity contribution in [2.45, 2.75) is 24.4 Å². The molecule has 0 aliphatic rings. The van der Waals surface area contributed by atoms with Gasteiger partial charge in [0.05, 0.1) is 12.8 Å². The van der Waals surface area contributed by atoms with Crippen LogP contribution in [0.5, 0.6) is 0 Å². The van der Waals surface area contributed by atoms with Gasteiger partial charge in [-0.25, -0.2) is 0 Å². The van der Waals surface area contributed by atoms with E-state index in [0.717, 1.165) is 6.21 Å². The SMILES string of the molecule is N/N=C\[C@H](O)[C@H](O)[C@@H](O)[C@@H](O)CO. The third-order valence-corrected chi connectivity index (χ3v) is 1.52. The van der Waals surface area contributed by atoms with Crippen LogP contribution in [0.25, 0.3) is 0 Å². The first kappa shape index (κ1) is 12.3. The largest absolute Gasteiger partial charge is 0.394 e. The fourth-order valence-corrected chi connectivity index (χ4v) is 0.714. The molecular formula is C6H14N2O5. The van der Waals surface area contributed by atoms with E-state index in [0.29, 0.717) is 0 Å². The predicted molar refractivity (Wildman–Crippen MR) is 43.8 cm³/mol. The Morgan fingerprint density at radius 3 is 2.08 bits per heavy atom. The highest BCUT2D eigenvalue weighted by atomic mass is 16.4. The Hall–Kier alpha value is -0.730. The second kappa shape index (κ2) is 5.84. The van der Waals surface area contributed by atoms with Crippen molar-refractivity contribution in [1.29, 1.82) is 0 Å². The minimum atomic E-state index is -1.65. The molecule has 0 unspecified atom stereocenters. The van der Waals surface area contributed by atoms with E-state index in [1.807, 2.05) is 0 Å². The Morgan fingerprint density at radius 1 is 1.15 bits per heavy atom. The monoisotopic (exact) mass is 194 g/mol. The summed E-state index contributed by atoms with van der Waals surface area (Å²) in [5.74, 6) is 4.68. The summed E-state index contributed by atoms with van der Waals surface area (Å²) >= 11 is 0.